The number of halogens is 1. The van der Waals surface area contributed by atoms with Gasteiger partial charge < -0.3 is 15.8 Å². The summed E-state index contributed by atoms with van der Waals surface area (Å²) in [5.41, 5.74) is 6.83. The Kier molecular flexibility index (Phi) is 4.14. The number of anilines is 3. The highest BCUT2D eigenvalue weighted by Crippen LogP contribution is 2.20. The summed E-state index contributed by atoms with van der Waals surface area (Å²) in [7, 11) is 0. The van der Waals surface area contributed by atoms with Crippen LogP contribution in [0.3, 0.4) is 0 Å². The van der Waals surface area contributed by atoms with E-state index in [2.05, 4.69) is 10.3 Å². The summed E-state index contributed by atoms with van der Waals surface area (Å²) in [5.74, 6) is -0.406. The molecule has 104 valence electrons. The minimum Gasteiger partial charge on any atom is -0.462 e. The van der Waals surface area contributed by atoms with E-state index in [4.69, 9.17) is 10.5 Å². The number of aromatic nitrogens is 1. The Balaban J connectivity index is 2.22. The summed E-state index contributed by atoms with van der Waals surface area (Å²) in [6.45, 7) is 1.98. The second-order valence-electron chi connectivity index (χ2n) is 4.01. The van der Waals surface area contributed by atoms with E-state index < -0.39 is 5.97 Å². The summed E-state index contributed by atoms with van der Waals surface area (Å²) in [4.78, 5) is 15.8. The Morgan fingerprint density at radius 3 is 2.75 bits per heavy atom. The first-order chi connectivity index (χ1) is 9.60. The van der Waals surface area contributed by atoms with Gasteiger partial charge in [0.15, 0.2) is 0 Å². The number of nitrogens with two attached hydrogens (primary N) is 1. The van der Waals surface area contributed by atoms with Crippen LogP contribution in [0.4, 0.5) is 21.6 Å². The minimum atomic E-state index is -0.505. The van der Waals surface area contributed by atoms with Gasteiger partial charge in [-0.25, -0.2) is 14.2 Å². The fourth-order valence-corrected chi connectivity index (χ4v) is 1.60. The molecule has 0 spiro atoms. The number of nitrogens with one attached hydrogen (secondary N) is 1. The Labute approximate surface area is 115 Å². The maximum Gasteiger partial charge on any atom is 0.340 e. The van der Waals surface area contributed by atoms with E-state index in [0.717, 1.165) is 0 Å². The van der Waals surface area contributed by atoms with Gasteiger partial charge in [0.25, 0.3) is 0 Å². The molecular weight excluding hydrogens is 261 g/mol. The van der Waals surface area contributed by atoms with Crippen LogP contribution in [0.1, 0.15) is 17.3 Å². The molecule has 0 fully saturated rings. The van der Waals surface area contributed by atoms with Gasteiger partial charge in [-0.1, -0.05) is 0 Å². The Bertz CT molecular complexity index is 614. The third kappa shape index (κ3) is 3.23. The van der Waals surface area contributed by atoms with E-state index in [1.54, 1.807) is 19.1 Å². The maximum atomic E-state index is 12.8. The van der Waals surface area contributed by atoms with Crippen LogP contribution in [-0.4, -0.2) is 17.6 Å². The molecule has 0 saturated carbocycles. The zero-order valence-corrected chi connectivity index (χ0v) is 10.9. The summed E-state index contributed by atoms with van der Waals surface area (Å²) in [6, 6.07) is 7.28. The standard InChI is InChI=1S/C14H14FN3O2/c1-2-20-14(19)11-7-13(17-8-12(11)16)18-10-5-3-9(15)4-6-10/h3-8H,2,16H2,1H3,(H,17,18). The number of esters is 1. The first-order valence-electron chi connectivity index (χ1n) is 6.05. The lowest BCUT2D eigenvalue weighted by Gasteiger charge is -2.09. The number of pyridine rings is 1. The zero-order chi connectivity index (χ0) is 14.5. The lowest BCUT2D eigenvalue weighted by Crippen LogP contribution is -2.09. The predicted octanol–water partition coefficient (Wildman–Crippen LogP) is 2.72. The van der Waals surface area contributed by atoms with E-state index in [1.807, 2.05) is 0 Å². The number of ether oxygens (including phenoxy) is 1. The van der Waals surface area contributed by atoms with Gasteiger partial charge in [0.05, 0.1) is 24.1 Å². The molecular formula is C14H14FN3O2. The molecule has 0 bridgehead atoms. The molecule has 3 N–H and O–H groups in total. The van der Waals surface area contributed by atoms with Crippen LogP contribution >= 0.6 is 0 Å². The molecule has 0 atom stereocenters. The van der Waals surface area contributed by atoms with E-state index in [9.17, 15) is 9.18 Å². The predicted molar refractivity (Wildman–Crippen MR) is 74.3 cm³/mol. The minimum absolute atomic E-state index is 0.242. The van der Waals surface area contributed by atoms with Crippen LogP contribution < -0.4 is 11.1 Å². The monoisotopic (exact) mass is 275 g/mol. The molecule has 2 aromatic rings. The maximum absolute atomic E-state index is 12.8. The van der Waals surface area contributed by atoms with Gasteiger partial charge in [0.2, 0.25) is 0 Å². The van der Waals surface area contributed by atoms with Gasteiger partial charge in [-0.05, 0) is 37.3 Å². The van der Waals surface area contributed by atoms with Crippen LogP contribution in [0.5, 0.6) is 0 Å². The van der Waals surface area contributed by atoms with Crippen LogP contribution in [0.25, 0.3) is 0 Å². The molecule has 0 unspecified atom stereocenters. The average molecular weight is 275 g/mol. The van der Waals surface area contributed by atoms with Crippen molar-refractivity contribution in [2.45, 2.75) is 6.92 Å². The SMILES string of the molecule is CCOC(=O)c1cc(Nc2ccc(F)cc2)ncc1N. The Morgan fingerprint density at radius 1 is 1.40 bits per heavy atom. The second-order valence-corrected chi connectivity index (χ2v) is 4.01. The van der Waals surface area contributed by atoms with Gasteiger partial charge in [-0.2, -0.15) is 0 Å². The molecule has 5 nitrogen and oxygen atoms in total. The molecule has 0 saturated heterocycles. The van der Waals surface area contributed by atoms with E-state index >= 15 is 0 Å². The first kappa shape index (κ1) is 13.8. The summed E-state index contributed by atoms with van der Waals surface area (Å²) < 4.78 is 17.7. The van der Waals surface area contributed by atoms with E-state index in [0.29, 0.717) is 11.5 Å². The number of rotatable bonds is 4. The molecule has 6 heteroatoms. The van der Waals surface area contributed by atoms with Gasteiger partial charge in [0, 0.05) is 5.69 Å². The largest absolute Gasteiger partial charge is 0.462 e. The van der Waals surface area contributed by atoms with Crippen LogP contribution in [0.2, 0.25) is 0 Å². The number of nitrogen functional groups attached to an aromatic ring is 1. The number of carbonyl (C=O) groups excluding carboxylic acids is 1. The smallest absolute Gasteiger partial charge is 0.340 e. The third-order valence-electron chi connectivity index (χ3n) is 2.55. The van der Waals surface area contributed by atoms with Gasteiger partial charge in [-0.3, -0.25) is 0 Å². The van der Waals surface area contributed by atoms with Crippen LogP contribution in [-0.2, 0) is 4.74 Å². The molecule has 0 radical (unpaired) electrons. The van der Waals surface area contributed by atoms with Gasteiger partial charge >= 0.3 is 5.97 Å². The number of nitrogens with zero attached hydrogens (tertiary/aromatic N) is 1. The number of hydrogen-bond acceptors (Lipinski definition) is 5. The summed E-state index contributed by atoms with van der Waals surface area (Å²) >= 11 is 0. The molecule has 0 aliphatic carbocycles. The van der Waals surface area contributed by atoms with Crippen molar-refractivity contribution >= 4 is 23.2 Å². The highest BCUT2D eigenvalue weighted by molar-refractivity contribution is 5.95. The van der Waals surface area contributed by atoms with Crippen molar-refractivity contribution in [1.29, 1.82) is 0 Å². The van der Waals surface area contributed by atoms with E-state index in [-0.39, 0.29) is 23.7 Å². The number of benzene rings is 1. The molecule has 20 heavy (non-hydrogen) atoms. The van der Waals surface area contributed by atoms with Crippen LogP contribution in [0.15, 0.2) is 36.5 Å². The zero-order valence-electron chi connectivity index (χ0n) is 10.9. The Hall–Kier alpha value is -2.63. The fraction of sp³-hybridized carbons (Fsp3) is 0.143. The van der Waals surface area contributed by atoms with Crippen molar-refractivity contribution < 1.29 is 13.9 Å². The molecule has 2 rings (SSSR count). The van der Waals surface area contributed by atoms with Crippen molar-refractivity contribution in [3.05, 3.63) is 47.9 Å². The van der Waals surface area contributed by atoms with Crippen LogP contribution in [0, 0.1) is 5.82 Å². The average Bonchev–Trinajstić information content (AvgIpc) is 2.43. The molecule has 1 aromatic heterocycles. The summed E-state index contributed by atoms with van der Waals surface area (Å²) in [6.07, 6.45) is 1.37. The topological polar surface area (TPSA) is 77.2 Å². The quantitative estimate of drug-likeness (QED) is 0.839. The van der Waals surface area contributed by atoms with Crippen molar-refractivity contribution in [2.24, 2.45) is 0 Å². The Morgan fingerprint density at radius 2 is 2.10 bits per heavy atom. The normalized spacial score (nSPS) is 10.1. The molecule has 1 aromatic carbocycles. The molecule has 0 amide bonds. The number of hydrogen-bond donors (Lipinski definition) is 2. The van der Waals surface area contributed by atoms with Crippen molar-refractivity contribution in [3.8, 4) is 0 Å². The fourth-order valence-electron chi connectivity index (χ4n) is 1.60. The van der Waals surface area contributed by atoms with Crippen molar-refractivity contribution in [3.63, 3.8) is 0 Å². The second kappa shape index (κ2) is 6.01. The first-order valence-corrected chi connectivity index (χ1v) is 6.05. The lowest BCUT2D eigenvalue weighted by molar-refractivity contribution is 0.0527. The molecule has 1 heterocycles. The molecule has 0 aliphatic rings. The summed E-state index contributed by atoms with van der Waals surface area (Å²) in [5, 5.41) is 2.95. The molecule has 0 aliphatic heterocycles. The number of carbonyl (C=O) groups is 1. The third-order valence-corrected chi connectivity index (χ3v) is 2.55. The van der Waals surface area contributed by atoms with Gasteiger partial charge in [0.1, 0.15) is 11.6 Å². The lowest BCUT2D eigenvalue weighted by atomic mass is 10.2. The van der Waals surface area contributed by atoms with Crippen molar-refractivity contribution in [2.75, 3.05) is 17.7 Å². The van der Waals surface area contributed by atoms with Crippen molar-refractivity contribution in [1.82, 2.24) is 4.98 Å². The van der Waals surface area contributed by atoms with E-state index in [1.165, 1.54) is 24.4 Å². The highest BCUT2D eigenvalue weighted by Gasteiger charge is 2.12. The highest BCUT2D eigenvalue weighted by atomic mass is 19.1. The van der Waals surface area contributed by atoms with Gasteiger partial charge in [-0.15, -0.1) is 0 Å².